The lowest BCUT2D eigenvalue weighted by Crippen LogP contribution is -2.42. The highest BCUT2D eigenvalue weighted by atomic mass is 35.5. The van der Waals surface area contributed by atoms with E-state index in [-0.39, 0.29) is 25.9 Å². The van der Waals surface area contributed by atoms with Gasteiger partial charge in [-0.05, 0) is 3.54 Å². The van der Waals surface area contributed by atoms with Crippen molar-refractivity contribution in [1.82, 2.24) is 0 Å². The third kappa shape index (κ3) is 4.67. The van der Waals surface area contributed by atoms with Crippen LogP contribution in [0.2, 0.25) is 0 Å². The quantitative estimate of drug-likeness (QED) is 0.230. The molecule has 4 aromatic rings. The van der Waals surface area contributed by atoms with Crippen molar-refractivity contribution in [2.75, 3.05) is 0 Å². The largest absolute Gasteiger partial charge is 0.438 e. The highest BCUT2D eigenvalue weighted by Crippen LogP contribution is 2.38. The van der Waals surface area contributed by atoms with Crippen LogP contribution in [0.5, 0.6) is 0 Å². The first kappa shape index (κ1) is 22.7. The van der Waals surface area contributed by atoms with E-state index in [1.165, 1.54) is 20.4 Å². The number of rotatable bonds is 5. The summed E-state index contributed by atoms with van der Waals surface area (Å²) in [5.74, 6) is 0. The summed E-state index contributed by atoms with van der Waals surface area (Å²) in [6, 6.07) is 44.0. The third-order valence-electron chi connectivity index (χ3n) is 5.11. The maximum atomic E-state index is 2.29. The maximum absolute atomic E-state index is 2.29. The summed E-state index contributed by atoms with van der Waals surface area (Å²) in [4.78, 5) is 0. The van der Waals surface area contributed by atoms with Crippen molar-refractivity contribution in [1.29, 1.82) is 0 Å². The van der Waals surface area contributed by atoms with Crippen LogP contribution in [-0.2, 0) is 3.54 Å². The molecule has 28 heavy (non-hydrogen) atoms. The van der Waals surface area contributed by atoms with Crippen LogP contribution in [0.15, 0.2) is 121 Å². The van der Waals surface area contributed by atoms with E-state index in [0.717, 1.165) is 0 Å². The zero-order chi connectivity index (χ0) is 17.7. The van der Waals surface area contributed by atoms with Gasteiger partial charge in [0.05, 0.1) is 0 Å². The summed E-state index contributed by atoms with van der Waals surface area (Å²) in [6.07, 6.45) is 0. The first-order chi connectivity index (χ1) is 12.9. The Morgan fingerprint density at radius 2 is 0.714 bits per heavy atom. The van der Waals surface area contributed by atoms with Crippen molar-refractivity contribution in [2.24, 2.45) is 0 Å². The molecule has 0 radical (unpaired) electrons. The third-order valence-corrected chi connectivity index (χ3v) is 7.75. The predicted molar refractivity (Wildman–Crippen MR) is 129 cm³/mol. The molecule has 0 N–H and O–H groups in total. The second-order valence-electron chi connectivity index (χ2n) is 6.67. The van der Waals surface area contributed by atoms with Crippen LogP contribution in [0, 0.1) is 0 Å². The smallest absolute Gasteiger partial charge is 0.171 e. The Morgan fingerprint density at radius 3 is 1.04 bits per heavy atom. The topological polar surface area (TPSA) is 0 Å². The predicted octanol–water partition coefficient (Wildman–Crippen LogP) is 5.49. The van der Waals surface area contributed by atoms with Gasteiger partial charge in [0.25, 0.3) is 0 Å². The van der Waals surface area contributed by atoms with Gasteiger partial charge in [-0.2, -0.15) is 13.6 Å². The summed E-state index contributed by atoms with van der Waals surface area (Å²) < 4.78 is 1.40. The van der Waals surface area contributed by atoms with Gasteiger partial charge >= 0.3 is 20.4 Å². The Bertz CT molecular complexity index is 848. The molecular formula is C25H24ClMgP. The van der Waals surface area contributed by atoms with E-state index in [9.17, 15) is 0 Å². The molecule has 0 saturated heterocycles. The molecule has 1 atom stereocenters. The fraction of sp³-hybridized carbons (Fsp3) is 0.0400. The molecular weight excluding hydrogens is 391 g/mol. The first-order valence-corrected chi connectivity index (χ1v) is 10.5. The molecule has 0 amide bonds. The molecule has 0 nitrogen and oxygen atoms in total. The van der Waals surface area contributed by atoms with Crippen molar-refractivity contribution in [2.45, 2.75) is 3.54 Å². The van der Waals surface area contributed by atoms with E-state index >= 15 is 0 Å². The highest BCUT2D eigenvalue weighted by Gasteiger charge is 2.37. The van der Waals surface area contributed by atoms with Crippen LogP contribution in [0.4, 0.5) is 0 Å². The minimum absolute atomic E-state index is 0. The van der Waals surface area contributed by atoms with Crippen molar-refractivity contribution in [3.8, 4) is 0 Å². The van der Waals surface area contributed by atoms with Crippen LogP contribution in [-0.4, -0.2) is 20.4 Å². The molecule has 0 spiro atoms. The van der Waals surface area contributed by atoms with E-state index in [1.54, 1.807) is 0 Å². The van der Waals surface area contributed by atoms with Gasteiger partial charge in [-0.25, -0.2) is 0 Å². The molecule has 0 saturated carbocycles. The van der Waals surface area contributed by atoms with Crippen LogP contribution >= 0.6 is 22.3 Å². The number of benzene rings is 4. The molecule has 0 aliphatic carbocycles. The lowest BCUT2D eigenvalue weighted by molar-refractivity contribution is 0.869. The van der Waals surface area contributed by atoms with Gasteiger partial charge in [-0.1, -0.05) is 138 Å². The molecule has 0 bridgehead atoms. The molecule has 0 fully saturated rings. The molecule has 4 rings (SSSR count). The van der Waals surface area contributed by atoms with Gasteiger partial charge in [0.2, 0.25) is 0 Å². The van der Waals surface area contributed by atoms with Crippen LogP contribution in [0.1, 0.15) is 16.7 Å². The Balaban J connectivity index is 0.00000140. The summed E-state index contributed by atoms with van der Waals surface area (Å²) in [5, 5.41) is 0. The highest BCUT2D eigenvalue weighted by molar-refractivity contribution is 6.92. The van der Waals surface area contributed by atoms with E-state index in [0.29, 0.717) is 0 Å². The average Bonchev–Trinajstić information content (AvgIpc) is 2.75. The lowest BCUT2D eigenvalue weighted by atomic mass is 9.83. The van der Waals surface area contributed by atoms with Crippen molar-refractivity contribution >= 4 is 46.4 Å². The van der Waals surface area contributed by atoms with Gasteiger partial charge in [-0.15, -0.1) is 12.4 Å². The molecule has 0 aliphatic heterocycles. The molecule has 4 aromatic carbocycles. The summed E-state index contributed by atoms with van der Waals surface area (Å²) in [6.45, 7) is 0. The summed E-state index contributed by atoms with van der Waals surface area (Å²) >= 11 is -0.699. The molecule has 3 heteroatoms. The van der Waals surface area contributed by atoms with Crippen LogP contribution in [0.25, 0.3) is 0 Å². The van der Waals surface area contributed by atoms with E-state index in [2.05, 4.69) is 121 Å². The second kappa shape index (κ2) is 10.8. The fourth-order valence-corrected chi connectivity index (χ4v) is 6.32. The number of halogens is 1. The van der Waals surface area contributed by atoms with Gasteiger partial charge in [0.15, 0.2) is 0 Å². The van der Waals surface area contributed by atoms with E-state index in [4.69, 9.17) is 0 Å². The molecule has 138 valence electrons. The Labute approximate surface area is 187 Å². The van der Waals surface area contributed by atoms with E-state index in [1.807, 2.05) is 0 Å². The van der Waals surface area contributed by atoms with Gasteiger partial charge in [-0.3, -0.25) is 0 Å². The Hall–Kier alpha value is -1.63. The average molecular weight is 415 g/mol. The number of hydrogen-bond donors (Lipinski definition) is 0. The summed E-state index contributed by atoms with van der Waals surface area (Å²) in [5.41, 5.74) is 4.15. The molecule has 0 aliphatic rings. The van der Waals surface area contributed by atoms with Crippen molar-refractivity contribution in [3.63, 3.8) is 0 Å². The molecule has 1 unspecified atom stereocenters. The van der Waals surface area contributed by atoms with Crippen LogP contribution < -0.4 is 3.69 Å². The van der Waals surface area contributed by atoms with E-state index < -0.39 is 20.4 Å². The summed E-state index contributed by atoms with van der Waals surface area (Å²) in [7, 11) is 0. The van der Waals surface area contributed by atoms with Crippen molar-refractivity contribution < 1.29 is 0 Å². The minimum atomic E-state index is -0.699. The monoisotopic (exact) mass is 414 g/mol. The Morgan fingerprint density at radius 1 is 0.429 bits per heavy atom. The second-order valence-corrected chi connectivity index (χ2v) is 8.90. The molecule has 0 heterocycles. The zero-order valence-corrected chi connectivity index (χ0v) is 19.5. The first-order valence-electron chi connectivity index (χ1n) is 9.10. The maximum Gasteiger partial charge on any atom is 0.438 e. The molecule has 0 aromatic heterocycles. The fourth-order valence-electron chi connectivity index (χ4n) is 3.88. The lowest BCUT2D eigenvalue weighted by Gasteiger charge is -2.37. The van der Waals surface area contributed by atoms with Gasteiger partial charge in [0.1, 0.15) is 0 Å². The van der Waals surface area contributed by atoms with Crippen molar-refractivity contribution in [3.05, 3.63) is 138 Å². The normalized spacial score (nSPS) is 10.1. The zero-order valence-electron chi connectivity index (χ0n) is 15.9. The minimum Gasteiger partial charge on any atom is -0.171 e. The van der Waals surface area contributed by atoms with Gasteiger partial charge < -0.3 is 0 Å². The SMILES string of the molecule is Cl.P.c1cc[c]([Mg][C](c2ccccc2)(c2ccccc2)c2ccccc2)cc1. The van der Waals surface area contributed by atoms with Gasteiger partial charge in [0, 0.05) is 0 Å². The van der Waals surface area contributed by atoms with Crippen LogP contribution in [0.3, 0.4) is 0 Å². The standard InChI is InChI=1S/C19H15.C6H5.ClH.Mg.H3P/c1-4-10-16(11-5-1)19(17-12-6-2-7-13-17)18-14-8-3-9-15-18;1-2-4-6-5-3-1;;;/h1-15H;1-5H;1H;;1H3. The Kier molecular flexibility index (Phi) is 8.73. The number of hydrogen-bond acceptors (Lipinski definition) is 0.